The molecule has 0 radical (unpaired) electrons. The number of hydrogen-bond donors (Lipinski definition) is 1. The minimum Gasteiger partial charge on any atom is -0.317 e. The Bertz CT molecular complexity index is 796. The normalized spacial score (nSPS) is 10.7. The molecule has 100 valence electrons. The van der Waals surface area contributed by atoms with Crippen LogP contribution >= 0.6 is 11.6 Å². The van der Waals surface area contributed by atoms with E-state index in [1.54, 1.807) is 6.07 Å². The predicted molar refractivity (Wildman–Crippen MR) is 80.5 cm³/mol. The monoisotopic (exact) mass is 285 g/mol. The minimum absolute atomic E-state index is 0.107. The van der Waals surface area contributed by atoms with Crippen LogP contribution in [0.1, 0.15) is 5.56 Å². The fourth-order valence-electron chi connectivity index (χ4n) is 1.96. The molecule has 5 heteroatoms. The van der Waals surface area contributed by atoms with Crippen LogP contribution < -0.4 is 11.0 Å². The van der Waals surface area contributed by atoms with E-state index in [1.807, 2.05) is 42.5 Å². The summed E-state index contributed by atoms with van der Waals surface area (Å²) in [5.41, 5.74) is 4.67. The van der Waals surface area contributed by atoms with Crippen LogP contribution in [0, 0.1) is 0 Å². The molecule has 0 aliphatic heterocycles. The van der Waals surface area contributed by atoms with Crippen LogP contribution in [0.5, 0.6) is 0 Å². The number of benzene rings is 2. The average Bonchev–Trinajstić information content (AvgIpc) is 2.49. The molecule has 1 heterocycles. The zero-order chi connectivity index (χ0) is 13.9. The molecule has 0 atom stereocenters. The molecule has 4 nitrogen and oxygen atoms in total. The van der Waals surface area contributed by atoms with Gasteiger partial charge in [-0.3, -0.25) is 4.79 Å². The molecule has 0 saturated carbocycles. The molecule has 0 bridgehead atoms. The average molecular weight is 286 g/mol. The summed E-state index contributed by atoms with van der Waals surface area (Å²) in [5.74, 6) is 0. The van der Waals surface area contributed by atoms with Crippen LogP contribution in [0.25, 0.3) is 10.9 Å². The van der Waals surface area contributed by atoms with Gasteiger partial charge in [0.1, 0.15) is 6.33 Å². The van der Waals surface area contributed by atoms with Crippen molar-refractivity contribution in [1.29, 1.82) is 0 Å². The maximum atomic E-state index is 12.2. The van der Waals surface area contributed by atoms with Gasteiger partial charge in [0.25, 0.3) is 5.56 Å². The predicted octanol–water partition coefficient (Wildman–Crippen LogP) is 2.79. The van der Waals surface area contributed by atoms with Gasteiger partial charge in [-0.15, -0.1) is 0 Å². The zero-order valence-electron chi connectivity index (χ0n) is 10.6. The Morgan fingerprint density at radius 3 is 2.65 bits per heavy atom. The lowest BCUT2D eigenvalue weighted by atomic mass is 10.2. The Kier molecular flexibility index (Phi) is 3.39. The van der Waals surface area contributed by atoms with Gasteiger partial charge in [-0.1, -0.05) is 35.9 Å². The Balaban J connectivity index is 1.86. The van der Waals surface area contributed by atoms with Crippen LogP contribution in [0.15, 0.2) is 59.7 Å². The fraction of sp³-hybridized carbons (Fsp3) is 0.0667. The van der Waals surface area contributed by atoms with Crippen molar-refractivity contribution >= 4 is 22.5 Å². The summed E-state index contributed by atoms with van der Waals surface area (Å²) >= 11 is 5.83. The third-order valence-electron chi connectivity index (χ3n) is 3.03. The fourth-order valence-corrected chi connectivity index (χ4v) is 2.09. The Hall–Kier alpha value is -2.33. The maximum absolute atomic E-state index is 12.2. The smallest absolute Gasteiger partial charge is 0.279 e. The van der Waals surface area contributed by atoms with E-state index in [1.165, 1.54) is 11.0 Å². The standard InChI is InChI=1S/C15H12ClN3O/c16-12-7-5-11(6-8-12)9-18-19-10-17-14-4-2-1-3-13(14)15(19)20/h1-8,10,18H,9H2. The van der Waals surface area contributed by atoms with Crippen LogP contribution in [0.3, 0.4) is 0 Å². The number of hydrogen-bond acceptors (Lipinski definition) is 3. The summed E-state index contributed by atoms with van der Waals surface area (Å²) < 4.78 is 1.40. The van der Waals surface area contributed by atoms with Crippen LogP contribution in [-0.2, 0) is 6.54 Å². The van der Waals surface area contributed by atoms with Crippen molar-refractivity contribution in [3.8, 4) is 0 Å². The highest BCUT2D eigenvalue weighted by molar-refractivity contribution is 6.30. The number of rotatable bonds is 3. The van der Waals surface area contributed by atoms with Gasteiger partial charge in [-0.2, -0.15) is 0 Å². The van der Waals surface area contributed by atoms with E-state index in [9.17, 15) is 4.79 Å². The Morgan fingerprint density at radius 2 is 1.85 bits per heavy atom. The number of para-hydroxylation sites is 1. The van der Waals surface area contributed by atoms with Gasteiger partial charge < -0.3 is 5.43 Å². The van der Waals surface area contributed by atoms with Crippen molar-refractivity contribution in [3.05, 3.63) is 75.8 Å². The molecule has 2 aromatic carbocycles. The highest BCUT2D eigenvalue weighted by Crippen LogP contribution is 2.09. The first-order chi connectivity index (χ1) is 9.74. The van der Waals surface area contributed by atoms with Crippen molar-refractivity contribution in [1.82, 2.24) is 9.66 Å². The molecule has 0 aliphatic carbocycles. The second kappa shape index (κ2) is 5.35. The van der Waals surface area contributed by atoms with Gasteiger partial charge in [0.05, 0.1) is 17.4 Å². The molecular weight excluding hydrogens is 274 g/mol. The number of aromatic nitrogens is 2. The molecule has 1 N–H and O–H groups in total. The Labute approximate surface area is 120 Å². The summed E-state index contributed by atoms with van der Waals surface area (Å²) in [6.45, 7) is 0.525. The van der Waals surface area contributed by atoms with Crippen LogP contribution in [0.2, 0.25) is 5.02 Å². The first kappa shape index (κ1) is 12.7. The highest BCUT2D eigenvalue weighted by Gasteiger charge is 2.02. The van der Waals surface area contributed by atoms with E-state index in [4.69, 9.17) is 11.6 Å². The molecule has 0 spiro atoms. The van der Waals surface area contributed by atoms with Crippen LogP contribution in [0.4, 0.5) is 0 Å². The first-order valence-electron chi connectivity index (χ1n) is 6.19. The molecule has 0 unspecified atom stereocenters. The third kappa shape index (κ3) is 2.51. The van der Waals surface area contributed by atoms with Crippen molar-refractivity contribution < 1.29 is 0 Å². The number of halogens is 1. The van der Waals surface area contributed by atoms with Crippen molar-refractivity contribution in [2.24, 2.45) is 0 Å². The second-order valence-electron chi connectivity index (χ2n) is 4.40. The van der Waals surface area contributed by atoms with Crippen molar-refractivity contribution in [3.63, 3.8) is 0 Å². The topological polar surface area (TPSA) is 46.9 Å². The van der Waals surface area contributed by atoms with Gasteiger partial charge in [-0.05, 0) is 29.8 Å². The van der Waals surface area contributed by atoms with Gasteiger partial charge in [-0.25, -0.2) is 9.66 Å². The molecule has 0 aliphatic rings. The molecule has 3 aromatic rings. The molecule has 0 saturated heterocycles. The van der Waals surface area contributed by atoms with Crippen molar-refractivity contribution in [2.45, 2.75) is 6.54 Å². The summed E-state index contributed by atoms with van der Waals surface area (Å²) in [5, 5.41) is 1.29. The largest absolute Gasteiger partial charge is 0.317 e. The van der Waals surface area contributed by atoms with E-state index in [0.717, 1.165) is 5.56 Å². The molecular formula is C15H12ClN3O. The van der Waals surface area contributed by atoms with Gasteiger partial charge in [0.15, 0.2) is 0 Å². The van der Waals surface area contributed by atoms with Crippen molar-refractivity contribution in [2.75, 3.05) is 5.43 Å². The SMILES string of the molecule is O=c1c2ccccc2ncn1NCc1ccc(Cl)cc1. The zero-order valence-corrected chi connectivity index (χ0v) is 11.3. The quantitative estimate of drug-likeness (QED) is 0.805. The highest BCUT2D eigenvalue weighted by atomic mass is 35.5. The number of nitrogens with one attached hydrogen (secondary N) is 1. The molecule has 0 fully saturated rings. The summed E-state index contributed by atoms with van der Waals surface area (Å²) in [6.07, 6.45) is 1.50. The van der Waals surface area contributed by atoms with E-state index >= 15 is 0 Å². The van der Waals surface area contributed by atoms with E-state index in [-0.39, 0.29) is 5.56 Å². The lowest BCUT2D eigenvalue weighted by Gasteiger charge is -2.09. The number of fused-ring (bicyclic) bond motifs is 1. The lowest BCUT2D eigenvalue weighted by Crippen LogP contribution is -2.28. The lowest BCUT2D eigenvalue weighted by molar-refractivity contribution is 0.791. The second-order valence-corrected chi connectivity index (χ2v) is 4.83. The molecule has 0 amide bonds. The summed E-state index contributed by atoms with van der Waals surface area (Å²) in [6, 6.07) is 14.7. The van der Waals surface area contributed by atoms with Crippen LogP contribution in [-0.4, -0.2) is 9.66 Å². The van der Waals surface area contributed by atoms with Gasteiger partial charge in [0.2, 0.25) is 0 Å². The number of nitrogens with zero attached hydrogens (tertiary/aromatic N) is 2. The summed E-state index contributed by atoms with van der Waals surface area (Å²) in [7, 11) is 0. The third-order valence-corrected chi connectivity index (χ3v) is 3.28. The van der Waals surface area contributed by atoms with Gasteiger partial charge >= 0.3 is 0 Å². The first-order valence-corrected chi connectivity index (χ1v) is 6.56. The molecule has 1 aromatic heterocycles. The van der Waals surface area contributed by atoms with E-state index in [2.05, 4.69) is 10.4 Å². The van der Waals surface area contributed by atoms with Gasteiger partial charge in [0, 0.05) is 5.02 Å². The van der Waals surface area contributed by atoms with E-state index < -0.39 is 0 Å². The van der Waals surface area contributed by atoms with E-state index in [0.29, 0.717) is 22.5 Å². The Morgan fingerprint density at radius 1 is 1.10 bits per heavy atom. The minimum atomic E-state index is -0.107. The summed E-state index contributed by atoms with van der Waals surface area (Å²) in [4.78, 5) is 16.5. The molecule has 20 heavy (non-hydrogen) atoms. The molecule has 3 rings (SSSR count). The maximum Gasteiger partial charge on any atom is 0.279 e.